The summed E-state index contributed by atoms with van der Waals surface area (Å²) in [4.78, 5) is 11.2. The molecule has 0 N–H and O–H groups in total. The van der Waals surface area contributed by atoms with Crippen LogP contribution in [-0.2, 0) is 6.54 Å². The third-order valence-electron chi connectivity index (χ3n) is 4.83. The molecular formula is C19H24N6S. The van der Waals surface area contributed by atoms with Crippen LogP contribution in [0.1, 0.15) is 54.9 Å². The maximum atomic E-state index is 4.69. The van der Waals surface area contributed by atoms with E-state index in [2.05, 4.69) is 61.8 Å². The zero-order valence-electron chi connectivity index (χ0n) is 15.2. The summed E-state index contributed by atoms with van der Waals surface area (Å²) in [5.74, 6) is 2.02. The first-order valence-corrected chi connectivity index (χ1v) is 10.0. The number of piperidine rings is 1. The first-order valence-electron chi connectivity index (χ1n) is 9.19. The molecule has 1 aliphatic rings. The molecule has 1 saturated heterocycles. The van der Waals surface area contributed by atoms with Crippen LogP contribution in [0.25, 0.3) is 0 Å². The number of aromatic nitrogens is 5. The summed E-state index contributed by atoms with van der Waals surface area (Å²) in [5, 5.41) is 10.9. The van der Waals surface area contributed by atoms with E-state index in [1.165, 1.54) is 17.8 Å². The smallest absolute Gasteiger partial charge is 0.208 e. The largest absolute Gasteiger partial charge is 0.346 e. The van der Waals surface area contributed by atoms with Gasteiger partial charge in [-0.15, -0.1) is 10.2 Å². The molecule has 1 fully saturated rings. The highest BCUT2D eigenvalue weighted by Gasteiger charge is 2.27. The Hall–Kier alpha value is -2.28. The van der Waals surface area contributed by atoms with Gasteiger partial charge in [0.2, 0.25) is 5.13 Å². The van der Waals surface area contributed by atoms with Crippen LogP contribution in [0.2, 0.25) is 0 Å². The Labute approximate surface area is 157 Å². The van der Waals surface area contributed by atoms with Crippen LogP contribution in [0.3, 0.4) is 0 Å². The van der Waals surface area contributed by atoms with Gasteiger partial charge in [-0.1, -0.05) is 25.2 Å². The molecule has 4 rings (SSSR count). The number of rotatable bonds is 5. The van der Waals surface area contributed by atoms with Crippen LogP contribution in [0.5, 0.6) is 0 Å². The lowest BCUT2D eigenvalue weighted by Gasteiger charge is -2.32. The van der Waals surface area contributed by atoms with E-state index in [0.717, 1.165) is 36.2 Å². The number of pyridine rings is 1. The van der Waals surface area contributed by atoms with Crippen molar-refractivity contribution in [3.8, 4) is 0 Å². The van der Waals surface area contributed by atoms with Gasteiger partial charge < -0.3 is 9.47 Å². The van der Waals surface area contributed by atoms with E-state index in [1.54, 1.807) is 11.3 Å². The highest BCUT2D eigenvalue weighted by molar-refractivity contribution is 7.15. The molecule has 0 bridgehead atoms. The Morgan fingerprint density at radius 3 is 2.81 bits per heavy atom. The maximum Gasteiger partial charge on any atom is 0.208 e. The van der Waals surface area contributed by atoms with Gasteiger partial charge in [0.1, 0.15) is 10.8 Å². The fourth-order valence-corrected chi connectivity index (χ4v) is 4.33. The predicted molar refractivity (Wildman–Crippen MR) is 104 cm³/mol. The monoisotopic (exact) mass is 368 g/mol. The van der Waals surface area contributed by atoms with Gasteiger partial charge in [-0.25, -0.2) is 4.98 Å². The Kier molecular flexibility index (Phi) is 4.97. The highest BCUT2D eigenvalue weighted by Crippen LogP contribution is 2.32. The molecule has 3 aromatic heterocycles. The molecule has 1 atom stereocenters. The molecule has 26 heavy (non-hydrogen) atoms. The summed E-state index contributed by atoms with van der Waals surface area (Å²) >= 11 is 1.72. The van der Waals surface area contributed by atoms with E-state index in [0.29, 0.717) is 11.8 Å². The van der Waals surface area contributed by atoms with E-state index >= 15 is 0 Å². The SMILES string of the molecule is CC(C)c1nnc(N2CCC[C@@H](c3nccn3Cc3ccncc3)C2)s1. The second kappa shape index (κ2) is 7.53. The van der Waals surface area contributed by atoms with Crippen molar-refractivity contribution in [1.82, 2.24) is 24.7 Å². The van der Waals surface area contributed by atoms with Gasteiger partial charge in [-0.3, -0.25) is 4.98 Å². The Morgan fingerprint density at radius 2 is 2.04 bits per heavy atom. The topological polar surface area (TPSA) is 59.7 Å². The average Bonchev–Trinajstić information content (AvgIpc) is 3.32. The predicted octanol–water partition coefficient (Wildman–Crippen LogP) is 3.69. The van der Waals surface area contributed by atoms with Crippen molar-refractivity contribution in [1.29, 1.82) is 0 Å². The van der Waals surface area contributed by atoms with Crippen LogP contribution in [-0.4, -0.2) is 37.8 Å². The summed E-state index contributed by atoms with van der Waals surface area (Å²) in [6.45, 7) is 7.18. The Bertz CT molecular complexity index is 841. The fraction of sp³-hybridized carbons (Fsp3) is 0.474. The molecular weight excluding hydrogens is 344 g/mol. The third-order valence-corrected chi connectivity index (χ3v) is 6.12. The summed E-state index contributed by atoms with van der Waals surface area (Å²) in [7, 11) is 0. The van der Waals surface area contributed by atoms with Crippen molar-refractivity contribution < 1.29 is 0 Å². The van der Waals surface area contributed by atoms with Crippen molar-refractivity contribution in [3.05, 3.63) is 53.3 Å². The van der Waals surface area contributed by atoms with Crippen molar-refractivity contribution in [2.24, 2.45) is 0 Å². The zero-order valence-corrected chi connectivity index (χ0v) is 16.1. The maximum absolute atomic E-state index is 4.69. The number of nitrogens with zero attached hydrogens (tertiary/aromatic N) is 6. The number of hydrogen-bond donors (Lipinski definition) is 0. The van der Waals surface area contributed by atoms with E-state index in [1.807, 2.05) is 18.6 Å². The summed E-state index contributed by atoms with van der Waals surface area (Å²) < 4.78 is 2.27. The Balaban J connectivity index is 1.50. The lowest BCUT2D eigenvalue weighted by atomic mass is 9.97. The number of anilines is 1. The van der Waals surface area contributed by atoms with E-state index in [-0.39, 0.29) is 0 Å². The molecule has 0 aromatic carbocycles. The molecule has 0 spiro atoms. The number of hydrogen-bond acceptors (Lipinski definition) is 6. The molecule has 0 saturated carbocycles. The van der Waals surface area contributed by atoms with Gasteiger partial charge in [0.05, 0.1) is 0 Å². The van der Waals surface area contributed by atoms with Crippen molar-refractivity contribution in [3.63, 3.8) is 0 Å². The highest BCUT2D eigenvalue weighted by atomic mass is 32.1. The molecule has 136 valence electrons. The second-order valence-corrected chi connectivity index (χ2v) is 8.12. The number of imidazole rings is 1. The summed E-state index contributed by atoms with van der Waals surface area (Å²) in [5.41, 5.74) is 1.25. The van der Waals surface area contributed by atoms with Gasteiger partial charge in [-0.2, -0.15) is 0 Å². The molecule has 0 amide bonds. The molecule has 0 unspecified atom stereocenters. The third kappa shape index (κ3) is 3.62. The standard InChI is InChI=1S/C19H24N6S/c1-14(2)18-22-23-19(26-18)25-10-3-4-16(13-25)17-21-9-11-24(17)12-15-5-7-20-8-6-15/h5-9,11,14,16H,3-4,10,12-13H2,1-2H3/t16-/m1/s1. The van der Waals surface area contributed by atoms with E-state index in [9.17, 15) is 0 Å². The fourth-order valence-electron chi connectivity index (χ4n) is 3.45. The van der Waals surface area contributed by atoms with Crippen LogP contribution in [0.4, 0.5) is 5.13 Å². The van der Waals surface area contributed by atoms with Crippen molar-refractivity contribution in [2.45, 2.75) is 45.1 Å². The second-order valence-electron chi connectivity index (χ2n) is 7.13. The average molecular weight is 369 g/mol. The zero-order chi connectivity index (χ0) is 17.9. The Morgan fingerprint density at radius 1 is 1.19 bits per heavy atom. The lowest BCUT2D eigenvalue weighted by Crippen LogP contribution is -2.35. The van der Waals surface area contributed by atoms with Gasteiger partial charge in [0.25, 0.3) is 0 Å². The van der Waals surface area contributed by atoms with Crippen molar-refractivity contribution >= 4 is 16.5 Å². The normalized spacial score (nSPS) is 17.8. The van der Waals surface area contributed by atoms with Crippen molar-refractivity contribution in [2.75, 3.05) is 18.0 Å². The van der Waals surface area contributed by atoms with Crippen LogP contribution < -0.4 is 4.90 Å². The summed E-state index contributed by atoms with van der Waals surface area (Å²) in [6, 6.07) is 4.12. The molecule has 4 heterocycles. The van der Waals surface area contributed by atoms with Gasteiger partial charge in [-0.05, 0) is 30.5 Å². The van der Waals surface area contributed by atoms with Gasteiger partial charge in [0.15, 0.2) is 0 Å². The minimum Gasteiger partial charge on any atom is -0.346 e. The van der Waals surface area contributed by atoms with Gasteiger partial charge in [0, 0.05) is 56.3 Å². The minimum absolute atomic E-state index is 0.423. The molecule has 1 aliphatic heterocycles. The van der Waals surface area contributed by atoms with Crippen LogP contribution in [0, 0.1) is 0 Å². The molecule has 3 aromatic rings. The first-order chi connectivity index (χ1) is 12.7. The van der Waals surface area contributed by atoms with Crippen LogP contribution in [0.15, 0.2) is 36.9 Å². The molecule has 7 heteroatoms. The lowest BCUT2D eigenvalue weighted by molar-refractivity contribution is 0.475. The molecule has 0 radical (unpaired) electrons. The molecule has 0 aliphatic carbocycles. The quantitative estimate of drug-likeness (QED) is 0.687. The van der Waals surface area contributed by atoms with Crippen LogP contribution >= 0.6 is 11.3 Å². The molecule has 6 nitrogen and oxygen atoms in total. The minimum atomic E-state index is 0.423. The summed E-state index contributed by atoms with van der Waals surface area (Å²) in [6.07, 6.45) is 10.0. The first kappa shape index (κ1) is 17.1. The van der Waals surface area contributed by atoms with E-state index < -0.39 is 0 Å². The van der Waals surface area contributed by atoms with E-state index in [4.69, 9.17) is 0 Å². The van der Waals surface area contributed by atoms with Gasteiger partial charge >= 0.3 is 0 Å².